The first kappa shape index (κ1) is 14.9. The minimum Gasteiger partial charge on any atom is -0.477 e. The first-order valence-corrected chi connectivity index (χ1v) is 6.26. The van der Waals surface area contributed by atoms with E-state index in [4.69, 9.17) is 4.52 Å². The highest BCUT2D eigenvalue weighted by molar-refractivity contribution is 8.93. The van der Waals surface area contributed by atoms with Crippen LogP contribution in [0.3, 0.4) is 0 Å². The Morgan fingerprint density at radius 3 is 2.33 bits per heavy atom. The van der Waals surface area contributed by atoms with Crippen LogP contribution < -0.4 is 4.52 Å². The Balaban J connectivity index is 0.00000196. The summed E-state index contributed by atoms with van der Waals surface area (Å²) < 4.78 is 5.64. The molecule has 0 saturated carbocycles. The summed E-state index contributed by atoms with van der Waals surface area (Å²) in [5.41, 5.74) is 1.28. The molecule has 0 aliphatic heterocycles. The van der Waals surface area contributed by atoms with Crippen LogP contribution in [0.15, 0.2) is 24.3 Å². The zero-order valence-electron chi connectivity index (χ0n) is 9.62. The topological polar surface area (TPSA) is 9.23 Å². The van der Waals surface area contributed by atoms with E-state index in [1.807, 2.05) is 12.1 Å². The molecule has 1 aromatic carbocycles. The fourth-order valence-corrected chi connectivity index (χ4v) is 2.19. The van der Waals surface area contributed by atoms with Crippen LogP contribution in [0.1, 0.15) is 25.8 Å². The molecule has 0 aliphatic rings. The van der Waals surface area contributed by atoms with Crippen LogP contribution in [0.5, 0.6) is 5.75 Å². The maximum Gasteiger partial charge on any atom is 0.122 e. The number of aryl methyl sites for hydroxylation is 1. The fourth-order valence-electron chi connectivity index (χ4n) is 1.09. The zero-order valence-corrected chi connectivity index (χ0v) is 12.3. The molecule has 86 valence electrons. The van der Waals surface area contributed by atoms with Crippen molar-refractivity contribution in [3.8, 4) is 5.75 Å². The third kappa shape index (κ3) is 6.92. The van der Waals surface area contributed by atoms with E-state index in [1.165, 1.54) is 18.1 Å². The molecule has 0 aromatic heterocycles. The third-order valence-electron chi connectivity index (χ3n) is 2.03. The molecule has 0 saturated heterocycles. The van der Waals surface area contributed by atoms with E-state index in [0.29, 0.717) is 8.81 Å². The van der Waals surface area contributed by atoms with E-state index in [1.54, 1.807) is 0 Å². The van der Waals surface area contributed by atoms with Gasteiger partial charge in [0, 0.05) is 6.16 Å². The quantitative estimate of drug-likeness (QED) is 0.569. The zero-order chi connectivity index (χ0) is 10.4. The molecule has 1 unspecified atom stereocenters. The lowest BCUT2D eigenvalue weighted by atomic mass is 10.2. The maximum atomic E-state index is 5.64. The normalized spacial score (nSPS) is 10.7. The molecule has 0 amide bonds. The minimum atomic E-state index is 0. The SMILES string of the molecule is Br.Cc1ccc(OPCCC(C)C)cc1. The summed E-state index contributed by atoms with van der Waals surface area (Å²) in [6.45, 7) is 6.58. The molecule has 3 heteroatoms. The van der Waals surface area contributed by atoms with Crippen LogP contribution in [0.2, 0.25) is 0 Å². The average molecular weight is 291 g/mol. The molecule has 0 N–H and O–H groups in total. The lowest BCUT2D eigenvalue weighted by Crippen LogP contribution is -1.90. The monoisotopic (exact) mass is 290 g/mol. The van der Waals surface area contributed by atoms with Crippen molar-refractivity contribution < 1.29 is 4.52 Å². The molecule has 0 heterocycles. The van der Waals surface area contributed by atoms with Crippen molar-refractivity contribution >= 4 is 25.8 Å². The Kier molecular flexibility index (Phi) is 8.09. The van der Waals surface area contributed by atoms with Crippen LogP contribution in [0.4, 0.5) is 0 Å². The Morgan fingerprint density at radius 1 is 1.20 bits per heavy atom. The average Bonchev–Trinajstić information content (AvgIpc) is 2.15. The number of hydrogen-bond donors (Lipinski definition) is 0. The fraction of sp³-hybridized carbons (Fsp3) is 0.500. The second-order valence-corrected chi connectivity index (χ2v) is 4.98. The van der Waals surface area contributed by atoms with Crippen LogP contribution >= 0.6 is 25.8 Å². The predicted octanol–water partition coefficient (Wildman–Crippen LogP) is 4.59. The van der Waals surface area contributed by atoms with Gasteiger partial charge in [-0.1, -0.05) is 31.5 Å². The summed E-state index contributed by atoms with van der Waals surface area (Å²) in [7, 11) is 0.599. The molecule has 15 heavy (non-hydrogen) atoms. The number of rotatable bonds is 5. The van der Waals surface area contributed by atoms with E-state index in [-0.39, 0.29) is 17.0 Å². The third-order valence-corrected chi connectivity index (χ3v) is 2.91. The lowest BCUT2D eigenvalue weighted by molar-refractivity contribution is 0.597. The van der Waals surface area contributed by atoms with E-state index in [9.17, 15) is 0 Å². The molecular formula is C12H20BrOP. The second-order valence-electron chi connectivity index (χ2n) is 3.99. The van der Waals surface area contributed by atoms with Crippen LogP contribution in [-0.2, 0) is 0 Å². The predicted molar refractivity (Wildman–Crippen MR) is 74.8 cm³/mol. The number of halogens is 1. The van der Waals surface area contributed by atoms with Gasteiger partial charge in [0.1, 0.15) is 5.75 Å². The molecule has 1 rings (SSSR count). The van der Waals surface area contributed by atoms with Gasteiger partial charge in [0.05, 0.1) is 8.81 Å². The van der Waals surface area contributed by atoms with E-state index >= 15 is 0 Å². The van der Waals surface area contributed by atoms with E-state index in [2.05, 4.69) is 32.9 Å². The molecule has 1 nitrogen and oxygen atoms in total. The highest BCUT2D eigenvalue weighted by atomic mass is 79.9. The van der Waals surface area contributed by atoms with Gasteiger partial charge < -0.3 is 4.52 Å². The Hall–Kier alpha value is -0.0700. The standard InChI is InChI=1S/C12H19OP.BrH/c1-10(2)8-9-14-13-12-6-4-11(3)5-7-12;/h4-7,10,14H,8-9H2,1-3H3;1H. The van der Waals surface area contributed by atoms with Crippen molar-refractivity contribution in [1.29, 1.82) is 0 Å². The first-order valence-electron chi connectivity index (χ1n) is 5.15. The van der Waals surface area contributed by atoms with Crippen molar-refractivity contribution in [3.05, 3.63) is 29.8 Å². The molecule has 0 fully saturated rings. The van der Waals surface area contributed by atoms with E-state index < -0.39 is 0 Å². The van der Waals surface area contributed by atoms with Crippen molar-refractivity contribution in [2.24, 2.45) is 5.92 Å². The molecule has 0 spiro atoms. The van der Waals surface area contributed by atoms with Crippen molar-refractivity contribution in [2.45, 2.75) is 27.2 Å². The van der Waals surface area contributed by atoms with Gasteiger partial charge in [0.25, 0.3) is 0 Å². The summed E-state index contributed by atoms with van der Waals surface area (Å²) in [6.07, 6.45) is 2.43. The molecule has 1 aromatic rings. The molecule has 1 atom stereocenters. The van der Waals surface area contributed by atoms with Gasteiger partial charge in [-0.3, -0.25) is 0 Å². The highest BCUT2D eigenvalue weighted by Gasteiger charge is 1.96. The van der Waals surface area contributed by atoms with Crippen molar-refractivity contribution in [2.75, 3.05) is 6.16 Å². The second kappa shape index (κ2) is 8.13. The summed E-state index contributed by atoms with van der Waals surface area (Å²) >= 11 is 0. The summed E-state index contributed by atoms with van der Waals surface area (Å²) in [6, 6.07) is 8.25. The number of benzene rings is 1. The molecule has 0 radical (unpaired) electrons. The van der Waals surface area contributed by atoms with Gasteiger partial charge in [0.15, 0.2) is 0 Å². The van der Waals surface area contributed by atoms with E-state index in [0.717, 1.165) is 11.7 Å². The van der Waals surface area contributed by atoms with Gasteiger partial charge in [0.2, 0.25) is 0 Å². The summed E-state index contributed by atoms with van der Waals surface area (Å²) in [5.74, 6) is 1.78. The largest absolute Gasteiger partial charge is 0.477 e. The molecule has 0 bridgehead atoms. The molecule has 0 aliphatic carbocycles. The van der Waals surface area contributed by atoms with Gasteiger partial charge in [-0.25, -0.2) is 0 Å². The van der Waals surface area contributed by atoms with Crippen LogP contribution in [-0.4, -0.2) is 6.16 Å². The maximum absolute atomic E-state index is 5.64. The highest BCUT2D eigenvalue weighted by Crippen LogP contribution is 2.22. The number of hydrogen-bond acceptors (Lipinski definition) is 1. The smallest absolute Gasteiger partial charge is 0.122 e. The van der Waals surface area contributed by atoms with Gasteiger partial charge >= 0.3 is 0 Å². The van der Waals surface area contributed by atoms with Crippen molar-refractivity contribution in [1.82, 2.24) is 0 Å². The van der Waals surface area contributed by atoms with Gasteiger partial charge in [-0.2, -0.15) is 0 Å². The van der Waals surface area contributed by atoms with Crippen LogP contribution in [0, 0.1) is 12.8 Å². The summed E-state index contributed by atoms with van der Waals surface area (Å²) in [4.78, 5) is 0. The Morgan fingerprint density at radius 2 is 1.80 bits per heavy atom. The minimum absolute atomic E-state index is 0. The van der Waals surface area contributed by atoms with Crippen molar-refractivity contribution in [3.63, 3.8) is 0 Å². The molecular weight excluding hydrogens is 271 g/mol. The van der Waals surface area contributed by atoms with Gasteiger partial charge in [-0.05, 0) is 31.4 Å². The Labute approximate surface area is 105 Å². The lowest BCUT2D eigenvalue weighted by Gasteiger charge is -2.07. The first-order chi connectivity index (χ1) is 6.68. The Bertz CT molecular complexity index is 259. The van der Waals surface area contributed by atoms with Gasteiger partial charge in [-0.15, -0.1) is 17.0 Å². The van der Waals surface area contributed by atoms with Crippen LogP contribution in [0.25, 0.3) is 0 Å². The summed E-state index contributed by atoms with van der Waals surface area (Å²) in [5, 5.41) is 0.